The fraction of sp³-hybridized carbons (Fsp3) is 0. The van der Waals surface area contributed by atoms with Crippen molar-refractivity contribution in [2.75, 3.05) is 10.6 Å². The lowest BCUT2D eigenvalue weighted by atomic mass is 10.2. The first-order valence-corrected chi connectivity index (χ1v) is 7.43. The zero-order valence-electron chi connectivity index (χ0n) is 12.2. The molecule has 3 rings (SSSR count). The molecule has 23 heavy (non-hydrogen) atoms. The highest BCUT2D eigenvalue weighted by Gasteiger charge is 2.05. The van der Waals surface area contributed by atoms with Crippen LogP contribution in [-0.4, -0.2) is 10.9 Å². The van der Waals surface area contributed by atoms with Crippen LogP contribution in [0.1, 0.15) is 10.4 Å². The highest BCUT2D eigenvalue weighted by molar-refractivity contribution is 6.30. The second kappa shape index (κ2) is 6.94. The minimum atomic E-state index is -0.161. The summed E-state index contributed by atoms with van der Waals surface area (Å²) in [5.41, 5.74) is 2.14. The molecule has 0 radical (unpaired) electrons. The number of nitrogens with one attached hydrogen (secondary N) is 2. The Labute approximate surface area is 139 Å². The van der Waals surface area contributed by atoms with Crippen molar-refractivity contribution >= 4 is 34.7 Å². The van der Waals surface area contributed by atoms with Crippen LogP contribution in [0.15, 0.2) is 72.9 Å². The molecule has 1 amide bonds. The number of hydrogen-bond acceptors (Lipinski definition) is 3. The summed E-state index contributed by atoms with van der Waals surface area (Å²) in [5, 5.41) is 6.65. The zero-order chi connectivity index (χ0) is 16.1. The monoisotopic (exact) mass is 323 g/mol. The molecule has 4 nitrogen and oxygen atoms in total. The Morgan fingerprint density at radius 3 is 2.22 bits per heavy atom. The summed E-state index contributed by atoms with van der Waals surface area (Å²) in [6.07, 6.45) is 1.61. The van der Waals surface area contributed by atoms with Crippen LogP contribution in [0, 0.1) is 0 Å². The van der Waals surface area contributed by atoms with Crippen LogP contribution < -0.4 is 10.6 Å². The minimum Gasteiger partial charge on any atom is -0.340 e. The van der Waals surface area contributed by atoms with Gasteiger partial charge in [0, 0.05) is 16.3 Å². The Hall–Kier alpha value is -2.85. The van der Waals surface area contributed by atoms with Crippen molar-refractivity contribution in [2.24, 2.45) is 0 Å². The van der Waals surface area contributed by atoms with Crippen molar-refractivity contribution < 1.29 is 4.79 Å². The van der Waals surface area contributed by atoms with Crippen molar-refractivity contribution in [1.82, 2.24) is 4.98 Å². The third-order valence-electron chi connectivity index (χ3n) is 3.17. The first-order valence-electron chi connectivity index (χ1n) is 7.06. The molecule has 0 saturated heterocycles. The van der Waals surface area contributed by atoms with Crippen LogP contribution in [0.2, 0.25) is 5.02 Å². The lowest BCUT2D eigenvalue weighted by molar-refractivity contribution is 0.102. The summed E-state index contributed by atoms with van der Waals surface area (Å²) < 4.78 is 0. The van der Waals surface area contributed by atoms with E-state index in [-0.39, 0.29) is 5.91 Å². The first-order chi connectivity index (χ1) is 11.2. The third kappa shape index (κ3) is 4.08. The Kier molecular flexibility index (Phi) is 4.54. The number of rotatable bonds is 4. The number of carbonyl (C=O) groups is 1. The van der Waals surface area contributed by atoms with E-state index in [4.69, 9.17) is 11.6 Å². The minimum absolute atomic E-state index is 0.161. The van der Waals surface area contributed by atoms with E-state index in [0.29, 0.717) is 22.1 Å². The highest BCUT2D eigenvalue weighted by atomic mass is 35.5. The van der Waals surface area contributed by atoms with Gasteiger partial charge in [0.2, 0.25) is 0 Å². The molecule has 1 aromatic heterocycles. The number of benzene rings is 2. The Balaban J connectivity index is 1.65. The van der Waals surface area contributed by atoms with Gasteiger partial charge in [0.15, 0.2) is 0 Å². The van der Waals surface area contributed by atoms with Gasteiger partial charge in [0.1, 0.15) is 5.82 Å². The summed E-state index contributed by atoms with van der Waals surface area (Å²) in [6.45, 7) is 0. The SMILES string of the molecule is O=C(Nc1ccc(Nc2ccc(Cl)cc2)nc1)c1ccccc1. The third-order valence-corrected chi connectivity index (χ3v) is 3.43. The molecule has 3 aromatic rings. The van der Waals surface area contributed by atoms with E-state index in [1.54, 1.807) is 42.6 Å². The van der Waals surface area contributed by atoms with E-state index in [2.05, 4.69) is 15.6 Å². The van der Waals surface area contributed by atoms with E-state index >= 15 is 0 Å². The molecule has 0 atom stereocenters. The molecule has 0 bridgehead atoms. The summed E-state index contributed by atoms with van der Waals surface area (Å²) in [5.74, 6) is 0.524. The molecule has 0 saturated carbocycles. The molecule has 0 unspecified atom stereocenters. The van der Waals surface area contributed by atoms with Gasteiger partial charge in [-0.1, -0.05) is 29.8 Å². The van der Waals surface area contributed by atoms with Gasteiger partial charge in [0.05, 0.1) is 11.9 Å². The second-order valence-corrected chi connectivity index (χ2v) is 5.32. The van der Waals surface area contributed by atoms with Gasteiger partial charge in [-0.05, 0) is 48.5 Å². The fourth-order valence-electron chi connectivity index (χ4n) is 2.02. The molecular weight excluding hydrogens is 310 g/mol. The van der Waals surface area contributed by atoms with Crippen molar-refractivity contribution in [1.29, 1.82) is 0 Å². The summed E-state index contributed by atoms with van der Waals surface area (Å²) in [7, 11) is 0. The molecule has 0 fully saturated rings. The lowest BCUT2D eigenvalue weighted by Crippen LogP contribution is -2.11. The molecule has 2 N–H and O–H groups in total. The summed E-state index contributed by atoms with van der Waals surface area (Å²) in [4.78, 5) is 16.3. The fourth-order valence-corrected chi connectivity index (χ4v) is 2.14. The number of aromatic nitrogens is 1. The van der Waals surface area contributed by atoms with Crippen LogP contribution >= 0.6 is 11.6 Å². The van der Waals surface area contributed by atoms with Crippen molar-refractivity contribution in [3.05, 3.63) is 83.5 Å². The molecule has 2 aromatic carbocycles. The van der Waals surface area contributed by atoms with Gasteiger partial charge in [-0.15, -0.1) is 0 Å². The lowest BCUT2D eigenvalue weighted by Gasteiger charge is -2.08. The van der Waals surface area contributed by atoms with Crippen molar-refractivity contribution in [3.8, 4) is 0 Å². The van der Waals surface area contributed by atoms with Crippen LogP contribution in [0.4, 0.5) is 17.2 Å². The van der Waals surface area contributed by atoms with E-state index in [1.165, 1.54) is 0 Å². The van der Waals surface area contributed by atoms with Gasteiger partial charge in [-0.25, -0.2) is 4.98 Å². The van der Waals surface area contributed by atoms with Crippen LogP contribution in [0.25, 0.3) is 0 Å². The molecule has 1 heterocycles. The van der Waals surface area contributed by atoms with Gasteiger partial charge in [-0.3, -0.25) is 4.79 Å². The predicted octanol–water partition coefficient (Wildman–Crippen LogP) is 4.73. The average molecular weight is 324 g/mol. The molecule has 114 valence electrons. The predicted molar refractivity (Wildman–Crippen MR) is 93.4 cm³/mol. The molecular formula is C18H14ClN3O. The Morgan fingerprint density at radius 1 is 0.870 bits per heavy atom. The summed E-state index contributed by atoms with van der Waals surface area (Å²) >= 11 is 5.85. The van der Waals surface area contributed by atoms with Gasteiger partial charge in [-0.2, -0.15) is 0 Å². The molecule has 0 spiro atoms. The normalized spacial score (nSPS) is 10.1. The zero-order valence-corrected chi connectivity index (χ0v) is 12.9. The quantitative estimate of drug-likeness (QED) is 0.729. The maximum absolute atomic E-state index is 12.1. The smallest absolute Gasteiger partial charge is 0.255 e. The van der Waals surface area contributed by atoms with Crippen LogP contribution in [-0.2, 0) is 0 Å². The van der Waals surface area contributed by atoms with Crippen molar-refractivity contribution in [2.45, 2.75) is 0 Å². The highest BCUT2D eigenvalue weighted by Crippen LogP contribution is 2.18. The first kappa shape index (κ1) is 15.1. The Morgan fingerprint density at radius 2 is 1.57 bits per heavy atom. The number of pyridine rings is 1. The summed E-state index contributed by atoms with van der Waals surface area (Å²) in [6, 6.07) is 20.0. The number of anilines is 3. The van der Waals surface area contributed by atoms with E-state index in [1.807, 2.05) is 30.3 Å². The number of halogens is 1. The molecule has 0 aliphatic heterocycles. The van der Waals surface area contributed by atoms with Gasteiger partial charge in [0.25, 0.3) is 5.91 Å². The number of hydrogen-bond donors (Lipinski definition) is 2. The standard InChI is InChI=1S/C18H14ClN3O/c19-14-6-8-15(9-7-14)21-17-11-10-16(12-20-17)22-18(23)13-4-2-1-3-5-13/h1-12H,(H,20,21)(H,22,23). The second-order valence-electron chi connectivity index (χ2n) is 4.88. The van der Waals surface area contributed by atoms with E-state index in [9.17, 15) is 4.79 Å². The van der Waals surface area contributed by atoms with E-state index < -0.39 is 0 Å². The molecule has 0 aliphatic rings. The maximum atomic E-state index is 12.1. The average Bonchev–Trinajstić information content (AvgIpc) is 2.59. The number of amides is 1. The van der Waals surface area contributed by atoms with Crippen LogP contribution in [0.5, 0.6) is 0 Å². The number of nitrogens with zero attached hydrogens (tertiary/aromatic N) is 1. The van der Waals surface area contributed by atoms with Crippen LogP contribution in [0.3, 0.4) is 0 Å². The van der Waals surface area contributed by atoms with Gasteiger partial charge < -0.3 is 10.6 Å². The maximum Gasteiger partial charge on any atom is 0.255 e. The topological polar surface area (TPSA) is 54.0 Å². The molecule has 5 heteroatoms. The Bertz CT molecular complexity index is 787. The van der Waals surface area contributed by atoms with Crippen molar-refractivity contribution in [3.63, 3.8) is 0 Å². The van der Waals surface area contributed by atoms with E-state index in [0.717, 1.165) is 5.69 Å². The largest absolute Gasteiger partial charge is 0.340 e. The van der Waals surface area contributed by atoms with Gasteiger partial charge >= 0.3 is 0 Å². The number of carbonyl (C=O) groups excluding carboxylic acids is 1. The molecule has 0 aliphatic carbocycles.